The highest BCUT2D eigenvalue weighted by Crippen LogP contribution is 2.37. The summed E-state index contributed by atoms with van der Waals surface area (Å²) in [5.74, 6) is 0.592. The molecule has 0 spiro atoms. The van der Waals surface area contributed by atoms with Crippen LogP contribution in [0, 0.1) is 0 Å². The Balaban J connectivity index is 1.76. The van der Waals surface area contributed by atoms with Gasteiger partial charge >= 0.3 is 5.69 Å². The van der Waals surface area contributed by atoms with Gasteiger partial charge in [0.15, 0.2) is 0 Å². The number of alkyl halides is 2. The molecule has 33 heavy (non-hydrogen) atoms. The lowest BCUT2D eigenvalue weighted by atomic mass is 10.1. The molecule has 3 aromatic heterocycles. The van der Waals surface area contributed by atoms with Crippen LogP contribution in [0.15, 0.2) is 64.4 Å². The van der Waals surface area contributed by atoms with Crippen molar-refractivity contribution in [3.05, 3.63) is 86.3 Å². The summed E-state index contributed by atoms with van der Waals surface area (Å²) in [7, 11) is 1.53. The number of aromatic amines is 1. The van der Waals surface area contributed by atoms with Crippen LogP contribution in [0.4, 0.5) is 8.78 Å². The Bertz CT molecular complexity index is 1660. The zero-order chi connectivity index (χ0) is 23.3. The maximum atomic E-state index is 13.4. The Hall–Kier alpha value is -3.56. The molecule has 166 valence electrons. The molecule has 10 heteroatoms. The average Bonchev–Trinajstić information content (AvgIpc) is 3.23. The first-order chi connectivity index (χ1) is 15.9. The monoisotopic (exact) mass is 485 g/mol. The molecule has 1 N–H and O–H groups in total. The van der Waals surface area contributed by atoms with Crippen LogP contribution in [0.2, 0.25) is 5.02 Å². The molecule has 0 fully saturated rings. The van der Waals surface area contributed by atoms with Gasteiger partial charge in [0, 0.05) is 38.0 Å². The van der Waals surface area contributed by atoms with E-state index in [0.29, 0.717) is 37.5 Å². The third-order valence-electron chi connectivity index (χ3n) is 5.27. The summed E-state index contributed by atoms with van der Waals surface area (Å²) < 4.78 is 33.0. The van der Waals surface area contributed by atoms with Crippen LogP contribution >= 0.6 is 22.9 Å². The minimum atomic E-state index is -2.69. The quantitative estimate of drug-likeness (QED) is 0.362. The lowest BCUT2D eigenvalue weighted by Gasteiger charge is -2.09. The fourth-order valence-corrected chi connectivity index (χ4v) is 5.01. The molecule has 0 amide bonds. The second-order valence-corrected chi connectivity index (χ2v) is 8.67. The third-order valence-corrected chi connectivity index (χ3v) is 6.76. The molecule has 0 unspecified atom stereocenters. The number of hydrogen-bond acceptors (Lipinski definition) is 5. The van der Waals surface area contributed by atoms with Crippen molar-refractivity contribution in [3.8, 4) is 21.9 Å². The number of hydrogen-bond donors (Lipinski definition) is 1. The Kier molecular flexibility index (Phi) is 5.22. The van der Waals surface area contributed by atoms with E-state index in [1.165, 1.54) is 37.7 Å². The van der Waals surface area contributed by atoms with Gasteiger partial charge in [-0.2, -0.15) is 0 Å². The first-order valence-electron chi connectivity index (χ1n) is 9.66. The maximum Gasteiger partial charge on any atom is 0.333 e. The van der Waals surface area contributed by atoms with E-state index in [-0.39, 0.29) is 16.0 Å². The maximum absolute atomic E-state index is 13.4. The number of fused-ring (bicyclic) bond motifs is 2. The molecular formula is C23H14ClF2N3O3S. The summed E-state index contributed by atoms with van der Waals surface area (Å²) in [5, 5.41) is 1.31. The van der Waals surface area contributed by atoms with Gasteiger partial charge in [-0.05, 0) is 30.3 Å². The normalized spacial score (nSPS) is 11.5. The van der Waals surface area contributed by atoms with Crippen LogP contribution in [-0.4, -0.2) is 21.6 Å². The van der Waals surface area contributed by atoms with Crippen molar-refractivity contribution in [1.82, 2.24) is 14.5 Å². The zero-order valence-electron chi connectivity index (χ0n) is 16.9. The minimum absolute atomic E-state index is 0.123. The third kappa shape index (κ3) is 3.59. The number of rotatable bonds is 4. The SMILES string of the molecule is COc1ccc(Cl)c(-c2cc3[nH]c(=O)n(-c4cncc5ccc(C(F)F)cc45)c(=O)c3s2)c1. The van der Waals surface area contributed by atoms with Gasteiger partial charge in [-0.1, -0.05) is 23.7 Å². The minimum Gasteiger partial charge on any atom is -0.497 e. The van der Waals surface area contributed by atoms with Crippen LogP contribution in [0.25, 0.3) is 37.1 Å². The first-order valence-corrected chi connectivity index (χ1v) is 10.9. The molecule has 3 heterocycles. The van der Waals surface area contributed by atoms with Gasteiger partial charge in [0.2, 0.25) is 0 Å². The molecule has 0 radical (unpaired) electrons. The fraction of sp³-hybridized carbons (Fsp3) is 0.0870. The highest BCUT2D eigenvalue weighted by Gasteiger charge is 2.18. The van der Waals surface area contributed by atoms with Crippen LogP contribution < -0.4 is 16.0 Å². The van der Waals surface area contributed by atoms with Gasteiger partial charge in [0.25, 0.3) is 12.0 Å². The smallest absolute Gasteiger partial charge is 0.333 e. The number of H-pyrrole nitrogens is 1. The lowest BCUT2D eigenvalue weighted by Crippen LogP contribution is -2.33. The number of thiophene rings is 1. The second kappa shape index (κ2) is 8.09. The summed E-state index contributed by atoms with van der Waals surface area (Å²) >= 11 is 7.50. The molecule has 0 aliphatic rings. The summed E-state index contributed by atoms with van der Waals surface area (Å²) in [4.78, 5) is 33.8. The fourth-order valence-electron chi connectivity index (χ4n) is 3.66. The van der Waals surface area contributed by atoms with Crippen molar-refractivity contribution in [2.45, 2.75) is 6.43 Å². The van der Waals surface area contributed by atoms with E-state index in [9.17, 15) is 18.4 Å². The van der Waals surface area contributed by atoms with Gasteiger partial charge in [-0.3, -0.25) is 9.78 Å². The number of nitrogens with one attached hydrogen (secondary N) is 1. The van der Waals surface area contributed by atoms with E-state index in [4.69, 9.17) is 16.3 Å². The Morgan fingerprint density at radius 1 is 1.12 bits per heavy atom. The molecule has 0 saturated heterocycles. The van der Waals surface area contributed by atoms with Gasteiger partial charge < -0.3 is 9.72 Å². The topological polar surface area (TPSA) is 77.0 Å². The Morgan fingerprint density at radius 3 is 2.70 bits per heavy atom. The lowest BCUT2D eigenvalue weighted by molar-refractivity contribution is 0.151. The molecule has 0 saturated carbocycles. The predicted molar refractivity (Wildman–Crippen MR) is 125 cm³/mol. The Morgan fingerprint density at radius 2 is 1.94 bits per heavy atom. The van der Waals surface area contributed by atoms with Gasteiger partial charge in [0.05, 0.1) is 24.5 Å². The van der Waals surface area contributed by atoms with Gasteiger partial charge in [0.1, 0.15) is 10.4 Å². The van der Waals surface area contributed by atoms with E-state index in [1.807, 2.05) is 0 Å². The summed E-state index contributed by atoms with van der Waals surface area (Å²) in [6.07, 6.45) is 0.105. The van der Waals surface area contributed by atoms with Gasteiger partial charge in [-0.15, -0.1) is 11.3 Å². The predicted octanol–water partition coefficient (Wildman–Crippen LogP) is 5.56. The number of methoxy groups -OCH3 is 1. The molecule has 0 aliphatic heterocycles. The average molecular weight is 486 g/mol. The van der Waals surface area contributed by atoms with Crippen LogP contribution in [0.5, 0.6) is 5.75 Å². The first kappa shape index (κ1) is 21.3. The molecule has 6 nitrogen and oxygen atoms in total. The second-order valence-electron chi connectivity index (χ2n) is 7.21. The number of ether oxygens (including phenoxy) is 1. The van der Waals surface area contributed by atoms with Crippen molar-refractivity contribution in [2.75, 3.05) is 7.11 Å². The van der Waals surface area contributed by atoms with Crippen molar-refractivity contribution < 1.29 is 13.5 Å². The van der Waals surface area contributed by atoms with Crippen molar-refractivity contribution in [3.63, 3.8) is 0 Å². The van der Waals surface area contributed by atoms with Crippen LogP contribution in [0.1, 0.15) is 12.0 Å². The summed E-state index contributed by atoms with van der Waals surface area (Å²) in [5.41, 5.74) is -0.380. The summed E-state index contributed by atoms with van der Waals surface area (Å²) in [6.45, 7) is 0. The number of halogens is 3. The zero-order valence-corrected chi connectivity index (χ0v) is 18.5. The number of aromatic nitrogens is 3. The largest absolute Gasteiger partial charge is 0.497 e. The van der Waals surface area contributed by atoms with E-state index in [1.54, 1.807) is 24.3 Å². The molecule has 0 aliphatic carbocycles. The van der Waals surface area contributed by atoms with E-state index in [0.717, 1.165) is 15.9 Å². The molecular weight excluding hydrogens is 472 g/mol. The van der Waals surface area contributed by atoms with Crippen molar-refractivity contribution in [2.24, 2.45) is 0 Å². The van der Waals surface area contributed by atoms with Crippen LogP contribution in [0.3, 0.4) is 0 Å². The van der Waals surface area contributed by atoms with E-state index in [2.05, 4.69) is 9.97 Å². The summed E-state index contributed by atoms with van der Waals surface area (Å²) in [6, 6.07) is 10.9. The Labute approximate surface area is 193 Å². The number of pyridine rings is 1. The highest BCUT2D eigenvalue weighted by molar-refractivity contribution is 7.22. The molecule has 0 atom stereocenters. The molecule has 5 rings (SSSR count). The van der Waals surface area contributed by atoms with Crippen molar-refractivity contribution >= 4 is 43.9 Å². The standard InChI is InChI=1S/C23H14ClF2N3O3S/c1-32-13-4-5-16(24)15(7-13)19-8-17-20(33-19)22(30)29(23(31)28-17)18-10-27-9-12-3-2-11(21(25)26)6-14(12)18/h2-10,21H,1H3,(H,28,31). The van der Waals surface area contributed by atoms with Crippen LogP contribution in [-0.2, 0) is 0 Å². The highest BCUT2D eigenvalue weighted by atomic mass is 35.5. The molecule has 5 aromatic rings. The van der Waals surface area contributed by atoms with Gasteiger partial charge in [-0.25, -0.2) is 18.1 Å². The van der Waals surface area contributed by atoms with E-state index < -0.39 is 17.7 Å². The van der Waals surface area contributed by atoms with E-state index >= 15 is 0 Å². The van der Waals surface area contributed by atoms with Crippen molar-refractivity contribution in [1.29, 1.82) is 0 Å². The molecule has 2 aromatic carbocycles. The molecule has 0 bridgehead atoms. The number of benzene rings is 2. The number of nitrogens with zero attached hydrogens (tertiary/aromatic N) is 2.